The monoisotopic (exact) mass is 320 g/mol. The third-order valence-corrected chi connectivity index (χ3v) is 3.94. The van der Waals surface area contributed by atoms with E-state index < -0.39 is 12.1 Å². The number of fused-ring (bicyclic) bond motifs is 1. The van der Waals surface area contributed by atoms with Crippen LogP contribution in [0, 0.1) is 0 Å². The van der Waals surface area contributed by atoms with Crippen LogP contribution in [0.3, 0.4) is 0 Å². The van der Waals surface area contributed by atoms with Crippen LogP contribution in [0.2, 0.25) is 10.0 Å². The summed E-state index contributed by atoms with van der Waals surface area (Å²) in [7, 11) is 0. The molecule has 0 aliphatic carbocycles. The first-order valence-corrected chi connectivity index (χ1v) is 7.10. The summed E-state index contributed by atoms with van der Waals surface area (Å²) >= 11 is 11.9. The van der Waals surface area contributed by atoms with Gasteiger partial charge in [-0.2, -0.15) is 0 Å². The molecule has 1 aliphatic rings. The summed E-state index contributed by atoms with van der Waals surface area (Å²) in [5.41, 5.74) is 1.58. The Morgan fingerprint density at radius 1 is 1.14 bits per heavy atom. The second-order valence-corrected chi connectivity index (χ2v) is 5.58. The molecule has 2 aromatic rings. The number of ketones is 1. The van der Waals surface area contributed by atoms with Gasteiger partial charge in [0.15, 0.2) is 5.78 Å². The Labute approximate surface area is 131 Å². The fourth-order valence-corrected chi connectivity index (χ4v) is 2.76. The Morgan fingerprint density at radius 2 is 1.90 bits per heavy atom. The molecule has 0 aromatic heterocycles. The van der Waals surface area contributed by atoms with Crippen LogP contribution in [0.1, 0.15) is 38.8 Å². The summed E-state index contributed by atoms with van der Waals surface area (Å²) in [6.07, 6.45) is -0.528. The number of hydrogen-bond acceptors (Lipinski definition) is 3. The van der Waals surface area contributed by atoms with Gasteiger partial charge in [0.1, 0.15) is 6.10 Å². The molecule has 0 unspecified atom stereocenters. The van der Waals surface area contributed by atoms with Gasteiger partial charge in [-0.25, -0.2) is 4.79 Å². The molecular formula is C16H10Cl2O3. The zero-order chi connectivity index (χ0) is 15.0. The molecule has 1 heterocycles. The van der Waals surface area contributed by atoms with E-state index in [0.29, 0.717) is 21.2 Å². The van der Waals surface area contributed by atoms with Gasteiger partial charge in [0, 0.05) is 16.1 Å². The van der Waals surface area contributed by atoms with Crippen molar-refractivity contribution in [2.24, 2.45) is 0 Å². The van der Waals surface area contributed by atoms with E-state index in [1.807, 2.05) is 6.07 Å². The number of rotatable bonds is 3. The molecule has 0 amide bonds. The number of esters is 1. The lowest BCUT2D eigenvalue weighted by atomic mass is 9.98. The first kappa shape index (κ1) is 14.1. The number of Topliss-reactive ketones (excluding diaryl/α,β-unsaturated/α-hetero) is 1. The van der Waals surface area contributed by atoms with Gasteiger partial charge in [-0.3, -0.25) is 4.79 Å². The minimum absolute atomic E-state index is 0.0445. The van der Waals surface area contributed by atoms with E-state index in [1.165, 1.54) is 6.07 Å². The number of hydrogen-bond donors (Lipinski definition) is 0. The van der Waals surface area contributed by atoms with Crippen LogP contribution in [0.5, 0.6) is 0 Å². The quantitative estimate of drug-likeness (QED) is 0.618. The highest BCUT2D eigenvalue weighted by Crippen LogP contribution is 2.34. The molecule has 106 valence electrons. The maximum Gasteiger partial charge on any atom is 0.339 e. The van der Waals surface area contributed by atoms with Crippen LogP contribution in [-0.4, -0.2) is 11.8 Å². The Bertz CT molecular complexity index is 740. The van der Waals surface area contributed by atoms with Crippen molar-refractivity contribution >= 4 is 35.0 Å². The van der Waals surface area contributed by atoms with Crippen molar-refractivity contribution in [2.75, 3.05) is 0 Å². The number of carbonyl (C=O) groups excluding carboxylic acids is 2. The van der Waals surface area contributed by atoms with Gasteiger partial charge < -0.3 is 4.74 Å². The zero-order valence-corrected chi connectivity index (χ0v) is 12.3. The summed E-state index contributed by atoms with van der Waals surface area (Å²) in [6, 6.07) is 11.8. The number of benzene rings is 2. The number of carbonyl (C=O) groups is 2. The molecule has 0 N–H and O–H groups in total. The number of cyclic esters (lactones) is 1. The van der Waals surface area contributed by atoms with E-state index in [2.05, 4.69) is 0 Å². The van der Waals surface area contributed by atoms with Gasteiger partial charge in [-0.05, 0) is 24.3 Å². The largest absolute Gasteiger partial charge is 0.453 e. The standard InChI is InChI=1S/C16H10Cl2O3/c17-9-5-6-13(18)12(7-9)14(19)8-15-10-3-1-2-4-11(10)16(20)21-15/h1-7,15H,8H2/t15-/m1/s1. The Hall–Kier alpha value is -1.84. The third kappa shape index (κ3) is 2.67. The number of ether oxygens (including phenoxy) is 1. The van der Waals surface area contributed by atoms with Crippen molar-refractivity contribution < 1.29 is 14.3 Å². The fourth-order valence-electron chi connectivity index (χ4n) is 2.36. The second kappa shape index (κ2) is 5.51. The van der Waals surface area contributed by atoms with E-state index in [9.17, 15) is 9.59 Å². The van der Waals surface area contributed by atoms with Crippen molar-refractivity contribution in [3.8, 4) is 0 Å². The highest BCUT2D eigenvalue weighted by atomic mass is 35.5. The lowest BCUT2D eigenvalue weighted by molar-refractivity contribution is 0.0367. The van der Waals surface area contributed by atoms with Crippen molar-refractivity contribution in [1.29, 1.82) is 0 Å². The molecule has 21 heavy (non-hydrogen) atoms. The summed E-state index contributed by atoms with van der Waals surface area (Å²) < 4.78 is 5.26. The molecule has 0 fully saturated rings. The van der Waals surface area contributed by atoms with E-state index in [0.717, 1.165) is 5.56 Å². The molecule has 0 saturated heterocycles. The Balaban J connectivity index is 1.87. The summed E-state index contributed by atoms with van der Waals surface area (Å²) in [4.78, 5) is 24.1. The van der Waals surface area contributed by atoms with Crippen LogP contribution >= 0.6 is 23.2 Å². The van der Waals surface area contributed by atoms with Crippen molar-refractivity contribution in [2.45, 2.75) is 12.5 Å². The van der Waals surface area contributed by atoms with Crippen LogP contribution in [0.15, 0.2) is 42.5 Å². The van der Waals surface area contributed by atoms with Crippen LogP contribution < -0.4 is 0 Å². The minimum atomic E-state index is -0.573. The van der Waals surface area contributed by atoms with Crippen molar-refractivity contribution in [3.05, 3.63) is 69.2 Å². The van der Waals surface area contributed by atoms with E-state index in [1.54, 1.807) is 30.3 Å². The van der Waals surface area contributed by atoms with Gasteiger partial charge >= 0.3 is 5.97 Å². The van der Waals surface area contributed by atoms with E-state index in [4.69, 9.17) is 27.9 Å². The first-order valence-electron chi connectivity index (χ1n) is 6.34. The van der Waals surface area contributed by atoms with Gasteiger partial charge in [-0.15, -0.1) is 0 Å². The first-order chi connectivity index (χ1) is 10.1. The SMILES string of the molecule is O=C(C[C@H]1OC(=O)c2ccccc21)c1cc(Cl)ccc1Cl. The zero-order valence-electron chi connectivity index (χ0n) is 10.8. The van der Waals surface area contributed by atoms with Crippen LogP contribution in [0.4, 0.5) is 0 Å². The van der Waals surface area contributed by atoms with Crippen molar-refractivity contribution in [1.82, 2.24) is 0 Å². The van der Waals surface area contributed by atoms with E-state index >= 15 is 0 Å². The predicted octanol–water partition coefficient (Wildman–Crippen LogP) is 4.48. The highest BCUT2D eigenvalue weighted by Gasteiger charge is 2.32. The molecule has 5 heteroatoms. The molecule has 1 atom stereocenters. The summed E-state index contributed by atoms with van der Waals surface area (Å²) in [5, 5.41) is 0.772. The lowest BCUT2D eigenvalue weighted by Gasteiger charge is -2.10. The average molecular weight is 321 g/mol. The van der Waals surface area contributed by atoms with Gasteiger partial charge in [0.2, 0.25) is 0 Å². The van der Waals surface area contributed by atoms with Gasteiger partial charge in [0.25, 0.3) is 0 Å². The third-order valence-electron chi connectivity index (χ3n) is 3.38. The molecule has 3 nitrogen and oxygen atoms in total. The molecule has 1 aliphatic heterocycles. The Morgan fingerprint density at radius 3 is 2.71 bits per heavy atom. The Kier molecular flexibility index (Phi) is 3.70. The molecule has 3 rings (SSSR count). The molecule has 0 saturated carbocycles. The lowest BCUT2D eigenvalue weighted by Crippen LogP contribution is -2.08. The molecule has 0 radical (unpaired) electrons. The fraction of sp³-hybridized carbons (Fsp3) is 0.125. The average Bonchev–Trinajstić information content (AvgIpc) is 2.78. The normalized spacial score (nSPS) is 16.5. The molecular weight excluding hydrogens is 311 g/mol. The van der Waals surface area contributed by atoms with Crippen LogP contribution in [-0.2, 0) is 4.74 Å². The topological polar surface area (TPSA) is 43.4 Å². The van der Waals surface area contributed by atoms with Crippen LogP contribution in [0.25, 0.3) is 0 Å². The maximum absolute atomic E-state index is 12.4. The predicted molar refractivity (Wildman–Crippen MR) is 80.0 cm³/mol. The molecule has 0 bridgehead atoms. The van der Waals surface area contributed by atoms with E-state index in [-0.39, 0.29) is 12.2 Å². The maximum atomic E-state index is 12.4. The van der Waals surface area contributed by atoms with Crippen molar-refractivity contribution in [3.63, 3.8) is 0 Å². The minimum Gasteiger partial charge on any atom is -0.453 e. The molecule has 2 aromatic carbocycles. The molecule has 0 spiro atoms. The van der Waals surface area contributed by atoms with Gasteiger partial charge in [0.05, 0.1) is 17.0 Å². The second-order valence-electron chi connectivity index (χ2n) is 4.73. The van der Waals surface area contributed by atoms with Gasteiger partial charge in [-0.1, -0.05) is 41.4 Å². The summed E-state index contributed by atoms with van der Waals surface area (Å²) in [6.45, 7) is 0. The number of halogens is 2. The smallest absolute Gasteiger partial charge is 0.339 e. The summed E-state index contributed by atoms with van der Waals surface area (Å²) in [5.74, 6) is -0.613. The highest BCUT2D eigenvalue weighted by molar-refractivity contribution is 6.35.